The molecule has 0 unspecified atom stereocenters. The van der Waals surface area contributed by atoms with Crippen LogP contribution >= 0.6 is 11.3 Å². The zero-order valence-corrected chi connectivity index (χ0v) is 12.6. The molecule has 0 aliphatic heterocycles. The minimum atomic E-state index is -3.32. The molecule has 0 radical (unpaired) electrons. The summed E-state index contributed by atoms with van der Waals surface area (Å²) in [6.07, 6.45) is 0.701. The van der Waals surface area contributed by atoms with Crippen molar-refractivity contribution in [2.75, 3.05) is 6.54 Å². The molecule has 0 aliphatic rings. The molecule has 1 aromatic heterocycles. The van der Waals surface area contributed by atoms with Gasteiger partial charge in [-0.15, -0.1) is 0 Å². The number of aliphatic hydroxyl groups excluding tert-OH is 1. The van der Waals surface area contributed by atoms with Crippen LogP contribution in [0.4, 0.5) is 0 Å². The molecule has 4 nitrogen and oxygen atoms in total. The molecule has 0 aliphatic carbocycles. The lowest BCUT2D eigenvalue weighted by atomic mass is 10.2. The van der Waals surface area contributed by atoms with E-state index in [4.69, 9.17) is 5.11 Å². The number of hydrogen-bond acceptors (Lipinski definition) is 4. The summed E-state index contributed by atoms with van der Waals surface area (Å²) >= 11 is 1.61. The van der Waals surface area contributed by atoms with Crippen molar-refractivity contribution in [2.24, 2.45) is 0 Å². The van der Waals surface area contributed by atoms with Gasteiger partial charge in [0.25, 0.3) is 0 Å². The van der Waals surface area contributed by atoms with Gasteiger partial charge in [0.05, 0.1) is 12.4 Å². The lowest BCUT2D eigenvalue weighted by Gasteiger charge is -2.07. The third-order valence-electron chi connectivity index (χ3n) is 2.88. The Balaban J connectivity index is 1.86. The average Bonchev–Trinajstić information content (AvgIpc) is 2.92. The molecule has 0 bridgehead atoms. The molecular weight excluding hydrogens is 294 g/mol. The SMILES string of the molecule is O=S(=O)(Cc1ccc(CO)cc1)NCCc1ccsc1. The second kappa shape index (κ2) is 6.99. The van der Waals surface area contributed by atoms with E-state index in [0.717, 1.165) is 11.1 Å². The van der Waals surface area contributed by atoms with E-state index >= 15 is 0 Å². The van der Waals surface area contributed by atoms with Gasteiger partial charge in [0.2, 0.25) is 10.0 Å². The predicted octanol–water partition coefficient (Wildman–Crippen LogP) is 1.90. The Morgan fingerprint density at radius 1 is 1.05 bits per heavy atom. The van der Waals surface area contributed by atoms with E-state index in [1.54, 1.807) is 35.6 Å². The molecule has 1 heterocycles. The summed E-state index contributed by atoms with van der Waals surface area (Å²) in [5.41, 5.74) is 2.63. The fourth-order valence-electron chi connectivity index (χ4n) is 1.80. The van der Waals surface area contributed by atoms with E-state index < -0.39 is 10.0 Å². The molecule has 0 amide bonds. The van der Waals surface area contributed by atoms with E-state index in [1.807, 2.05) is 16.8 Å². The van der Waals surface area contributed by atoms with Crippen molar-refractivity contribution < 1.29 is 13.5 Å². The highest BCUT2D eigenvalue weighted by molar-refractivity contribution is 7.88. The van der Waals surface area contributed by atoms with Gasteiger partial charge in [-0.05, 0) is 39.9 Å². The van der Waals surface area contributed by atoms with Gasteiger partial charge in [0.15, 0.2) is 0 Å². The molecule has 0 saturated heterocycles. The molecule has 2 rings (SSSR count). The fourth-order valence-corrected chi connectivity index (χ4v) is 3.65. The molecule has 0 saturated carbocycles. The lowest BCUT2D eigenvalue weighted by molar-refractivity contribution is 0.282. The van der Waals surface area contributed by atoms with Crippen molar-refractivity contribution in [3.63, 3.8) is 0 Å². The van der Waals surface area contributed by atoms with E-state index in [0.29, 0.717) is 18.5 Å². The number of aliphatic hydroxyl groups is 1. The van der Waals surface area contributed by atoms with Crippen LogP contribution in [-0.2, 0) is 28.8 Å². The Kier molecular flexibility index (Phi) is 5.31. The van der Waals surface area contributed by atoms with Crippen LogP contribution in [0.15, 0.2) is 41.1 Å². The third-order valence-corrected chi connectivity index (χ3v) is 4.97. The Morgan fingerprint density at radius 3 is 2.35 bits per heavy atom. The first-order valence-electron chi connectivity index (χ1n) is 6.26. The summed E-state index contributed by atoms with van der Waals surface area (Å²) < 4.78 is 26.5. The first kappa shape index (κ1) is 15.2. The van der Waals surface area contributed by atoms with E-state index in [1.165, 1.54) is 0 Å². The highest BCUT2D eigenvalue weighted by Gasteiger charge is 2.10. The van der Waals surface area contributed by atoms with Crippen LogP contribution < -0.4 is 4.72 Å². The molecule has 2 N–H and O–H groups in total. The van der Waals surface area contributed by atoms with Gasteiger partial charge in [0, 0.05) is 6.54 Å². The van der Waals surface area contributed by atoms with Crippen LogP contribution in [0, 0.1) is 0 Å². The summed E-state index contributed by atoms with van der Waals surface area (Å²) in [6, 6.07) is 8.91. The zero-order valence-electron chi connectivity index (χ0n) is 11.0. The van der Waals surface area contributed by atoms with Gasteiger partial charge in [0.1, 0.15) is 0 Å². The fraction of sp³-hybridized carbons (Fsp3) is 0.286. The van der Waals surface area contributed by atoms with E-state index in [-0.39, 0.29) is 12.4 Å². The van der Waals surface area contributed by atoms with Gasteiger partial charge in [-0.1, -0.05) is 24.3 Å². The molecule has 2 aromatic rings. The number of nitrogens with one attached hydrogen (secondary N) is 1. The molecular formula is C14H17NO3S2. The monoisotopic (exact) mass is 311 g/mol. The first-order chi connectivity index (χ1) is 9.59. The smallest absolute Gasteiger partial charge is 0.215 e. The van der Waals surface area contributed by atoms with Gasteiger partial charge in [-0.2, -0.15) is 11.3 Å². The summed E-state index contributed by atoms with van der Waals surface area (Å²) in [7, 11) is -3.32. The molecule has 0 spiro atoms. The molecule has 0 atom stereocenters. The number of benzene rings is 1. The van der Waals surface area contributed by atoms with E-state index in [2.05, 4.69) is 4.72 Å². The quantitative estimate of drug-likeness (QED) is 0.821. The van der Waals surface area contributed by atoms with Crippen LogP contribution in [0.25, 0.3) is 0 Å². The predicted molar refractivity (Wildman–Crippen MR) is 81.0 cm³/mol. The molecule has 1 aromatic carbocycles. The largest absolute Gasteiger partial charge is 0.392 e. The molecule has 0 fully saturated rings. The van der Waals surface area contributed by atoms with Crippen molar-refractivity contribution in [3.05, 3.63) is 57.8 Å². The Labute approximate surface area is 123 Å². The second-order valence-electron chi connectivity index (χ2n) is 4.51. The van der Waals surface area contributed by atoms with Crippen molar-refractivity contribution in [2.45, 2.75) is 18.8 Å². The van der Waals surface area contributed by atoms with Gasteiger partial charge in [-0.25, -0.2) is 13.1 Å². The van der Waals surface area contributed by atoms with E-state index in [9.17, 15) is 8.42 Å². The third kappa shape index (κ3) is 4.72. The van der Waals surface area contributed by atoms with Gasteiger partial charge < -0.3 is 5.11 Å². The minimum absolute atomic E-state index is 0.0358. The topological polar surface area (TPSA) is 66.4 Å². The summed E-state index contributed by atoms with van der Waals surface area (Å²) in [5.74, 6) is -0.0393. The summed E-state index contributed by atoms with van der Waals surface area (Å²) in [4.78, 5) is 0. The highest BCUT2D eigenvalue weighted by Crippen LogP contribution is 2.09. The summed E-state index contributed by atoms with van der Waals surface area (Å²) in [6.45, 7) is 0.375. The number of sulfonamides is 1. The number of hydrogen-bond donors (Lipinski definition) is 2. The average molecular weight is 311 g/mol. The molecule has 108 valence electrons. The van der Waals surface area contributed by atoms with Crippen LogP contribution in [0.5, 0.6) is 0 Å². The normalized spacial score (nSPS) is 11.7. The van der Waals surface area contributed by atoms with Gasteiger partial charge >= 0.3 is 0 Å². The Hall–Kier alpha value is -1.21. The lowest BCUT2D eigenvalue weighted by Crippen LogP contribution is -2.27. The molecule has 6 heteroatoms. The first-order valence-corrected chi connectivity index (χ1v) is 8.86. The number of thiophene rings is 1. The second-order valence-corrected chi connectivity index (χ2v) is 7.10. The number of rotatable bonds is 7. The van der Waals surface area contributed by atoms with Crippen LogP contribution in [0.3, 0.4) is 0 Å². The Bertz CT molecular complexity index is 619. The maximum atomic E-state index is 11.9. The minimum Gasteiger partial charge on any atom is -0.392 e. The Morgan fingerprint density at radius 2 is 1.75 bits per heavy atom. The standard InChI is InChI=1S/C14H17NO3S2/c16-9-12-1-3-14(4-2-12)11-20(17,18)15-7-5-13-6-8-19-10-13/h1-4,6,8,10,15-16H,5,7,9,11H2. The summed E-state index contributed by atoms with van der Waals surface area (Å²) in [5, 5.41) is 12.9. The van der Waals surface area contributed by atoms with Crippen molar-refractivity contribution >= 4 is 21.4 Å². The van der Waals surface area contributed by atoms with Gasteiger partial charge in [-0.3, -0.25) is 0 Å². The highest BCUT2D eigenvalue weighted by atomic mass is 32.2. The maximum absolute atomic E-state index is 11.9. The van der Waals surface area contributed by atoms with Crippen molar-refractivity contribution in [1.29, 1.82) is 0 Å². The van der Waals surface area contributed by atoms with Crippen molar-refractivity contribution in [1.82, 2.24) is 4.72 Å². The molecule has 20 heavy (non-hydrogen) atoms. The zero-order chi connectivity index (χ0) is 14.4. The van der Waals surface area contributed by atoms with Crippen LogP contribution in [0.1, 0.15) is 16.7 Å². The van der Waals surface area contributed by atoms with Crippen LogP contribution in [0.2, 0.25) is 0 Å². The maximum Gasteiger partial charge on any atom is 0.215 e. The van der Waals surface area contributed by atoms with Crippen LogP contribution in [-0.4, -0.2) is 20.1 Å². The van der Waals surface area contributed by atoms with Crippen molar-refractivity contribution in [3.8, 4) is 0 Å².